The molecule has 1 amide bonds. The number of fused-ring (bicyclic) bond motifs is 1. The standard InChI is InChI=1S/C16H13ClF3NOS/c17-13-6-5-9(7-12(13)16(18,19)20)21-15(22)11-8-23-14-4-2-1-3-10(11)14/h5-8H,1-4H2,(H,21,22). The number of carbonyl (C=O) groups excluding carboxylic acids is 1. The van der Waals surface area contributed by atoms with Crippen LogP contribution < -0.4 is 5.32 Å². The summed E-state index contributed by atoms with van der Waals surface area (Å²) in [5.41, 5.74) is 0.726. The number of nitrogens with one attached hydrogen (secondary N) is 1. The van der Waals surface area contributed by atoms with Gasteiger partial charge in [-0.3, -0.25) is 4.79 Å². The molecule has 0 spiro atoms. The van der Waals surface area contributed by atoms with Crippen LogP contribution in [0.1, 0.15) is 39.2 Å². The van der Waals surface area contributed by atoms with Crippen molar-refractivity contribution in [3.05, 3.63) is 50.2 Å². The second-order valence-electron chi connectivity index (χ2n) is 5.40. The predicted octanol–water partition coefficient (Wildman–Crippen LogP) is 5.55. The van der Waals surface area contributed by atoms with Gasteiger partial charge >= 0.3 is 6.18 Å². The Kier molecular flexibility index (Phi) is 4.38. The fraction of sp³-hybridized carbons (Fsp3) is 0.312. The summed E-state index contributed by atoms with van der Waals surface area (Å²) in [5.74, 6) is -0.375. The second kappa shape index (κ2) is 6.17. The second-order valence-corrected chi connectivity index (χ2v) is 6.78. The molecule has 0 atom stereocenters. The molecule has 0 saturated carbocycles. The lowest BCUT2D eigenvalue weighted by molar-refractivity contribution is -0.137. The van der Waals surface area contributed by atoms with Crippen LogP contribution >= 0.6 is 22.9 Å². The summed E-state index contributed by atoms with van der Waals surface area (Å²) in [6.45, 7) is 0. The first-order valence-corrected chi connectivity index (χ1v) is 8.39. The Labute approximate surface area is 140 Å². The molecule has 0 bridgehead atoms. The maximum Gasteiger partial charge on any atom is 0.417 e. The molecule has 1 aliphatic carbocycles. The number of halogens is 4. The van der Waals surface area contributed by atoms with Gasteiger partial charge in [0, 0.05) is 15.9 Å². The van der Waals surface area contributed by atoms with E-state index in [4.69, 9.17) is 11.6 Å². The Morgan fingerprint density at radius 1 is 1.22 bits per heavy atom. The van der Waals surface area contributed by atoms with Crippen molar-refractivity contribution in [1.82, 2.24) is 0 Å². The lowest BCUT2D eigenvalue weighted by Crippen LogP contribution is -2.15. The highest BCUT2D eigenvalue weighted by atomic mass is 35.5. The van der Waals surface area contributed by atoms with Gasteiger partial charge in [0.2, 0.25) is 0 Å². The topological polar surface area (TPSA) is 29.1 Å². The van der Waals surface area contributed by atoms with E-state index < -0.39 is 11.7 Å². The number of aryl methyl sites for hydroxylation is 1. The summed E-state index contributed by atoms with van der Waals surface area (Å²) in [6.07, 6.45) is -0.605. The molecule has 1 aromatic heterocycles. The molecular formula is C16H13ClF3NOS. The number of hydrogen-bond donors (Lipinski definition) is 1. The number of amides is 1. The van der Waals surface area contributed by atoms with Gasteiger partial charge in [-0.05, 0) is 49.4 Å². The molecule has 122 valence electrons. The largest absolute Gasteiger partial charge is 0.417 e. The third kappa shape index (κ3) is 3.38. The molecule has 0 aliphatic heterocycles. The minimum atomic E-state index is -4.56. The first kappa shape index (κ1) is 16.3. The Hall–Kier alpha value is -1.53. The SMILES string of the molecule is O=C(Nc1ccc(Cl)c(C(F)(F)F)c1)c1csc2c1CCCC2. The third-order valence-corrected chi connectivity index (χ3v) is 5.25. The summed E-state index contributed by atoms with van der Waals surface area (Å²) < 4.78 is 38.6. The van der Waals surface area contributed by atoms with Crippen molar-refractivity contribution in [3.8, 4) is 0 Å². The number of anilines is 1. The average Bonchev–Trinajstić information content (AvgIpc) is 2.92. The number of alkyl halides is 3. The van der Waals surface area contributed by atoms with E-state index in [1.54, 1.807) is 5.38 Å². The van der Waals surface area contributed by atoms with Gasteiger partial charge in [-0.1, -0.05) is 11.6 Å². The number of benzene rings is 1. The van der Waals surface area contributed by atoms with Gasteiger partial charge in [0.25, 0.3) is 5.91 Å². The number of rotatable bonds is 2. The summed E-state index contributed by atoms with van der Waals surface area (Å²) >= 11 is 7.12. The van der Waals surface area contributed by atoms with E-state index in [9.17, 15) is 18.0 Å². The van der Waals surface area contributed by atoms with Gasteiger partial charge in [0.05, 0.1) is 16.1 Å². The van der Waals surface area contributed by atoms with E-state index in [0.29, 0.717) is 5.56 Å². The highest BCUT2D eigenvalue weighted by Gasteiger charge is 2.33. The molecule has 1 N–H and O–H groups in total. The normalized spacial score (nSPS) is 14.4. The summed E-state index contributed by atoms with van der Waals surface area (Å²) in [5, 5.41) is 3.94. The monoisotopic (exact) mass is 359 g/mol. The Morgan fingerprint density at radius 2 is 1.96 bits per heavy atom. The molecule has 3 rings (SSSR count). The zero-order valence-corrected chi connectivity index (χ0v) is 13.5. The lowest BCUT2D eigenvalue weighted by Gasteiger charge is -2.14. The molecular weight excluding hydrogens is 347 g/mol. The molecule has 0 unspecified atom stereocenters. The van der Waals surface area contributed by atoms with Crippen LogP contribution in [-0.4, -0.2) is 5.91 Å². The molecule has 0 saturated heterocycles. The third-order valence-electron chi connectivity index (χ3n) is 3.84. The molecule has 1 aromatic carbocycles. The Bertz CT molecular complexity index is 754. The van der Waals surface area contributed by atoms with E-state index in [1.807, 2.05) is 0 Å². The molecule has 1 aliphatic rings. The quantitative estimate of drug-likeness (QED) is 0.748. The van der Waals surface area contributed by atoms with Crippen LogP contribution in [0.3, 0.4) is 0 Å². The Balaban J connectivity index is 1.85. The maximum atomic E-state index is 12.9. The van der Waals surface area contributed by atoms with Crippen molar-refractivity contribution in [1.29, 1.82) is 0 Å². The molecule has 23 heavy (non-hydrogen) atoms. The number of hydrogen-bond acceptors (Lipinski definition) is 2. The van der Waals surface area contributed by atoms with E-state index in [1.165, 1.54) is 22.3 Å². The summed E-state index contributed by atoms with van der Waals surface area (Å²) in [7, 11) is 0. The van der Waals surface area contributed by atoms with Gasteiger partial charge in [0.1, 0.15) is 0 Å². The number of thiophene rings is 1. The van der Waals surface area contributed by atoms with Crippen LogP contribution in [-0.2, 0) is 19.0 Å². The van der Waals surface area contributed by atoms with E-state index in [0.717, 1.165) is 43.4 Å². The number of carbonyl (C=O) groups is 1. The van der Waals surface area contributed by atoms with Crippen molar-refractivity contribution in [2.45, 2.75) is 31.9 Å². The van der Waals surface area contributed by atoms with Crippen LogP contribution in [0.25, 0.3) is 0 Å². The summed E-state index contributed by atoms with van der Waals surface area (Å²) in [6, 6.07) is 3.37. The van der Waals surface area contributed by atoms with Crippen molar-refractivity contribution in [3.63, 3.8) is 0 Å². The van der Waals surface area contributed by atoms with E-state index in [2.05, 4.69) is 5.32 Å². The molecule has 2 nitrogen and oxygen atoms in total. The van der Waals surface area contributed by atoms with Crippen molar-refractivity contribution in [2.75, 3.05) is 5.32 Å². The van der Waals surface area contributed by atoms with Gasteiger partial charge in [-0.2, -0.15) is 13.2 Å². The molecule has 1 heterocycles. The zero-order valence-electron chi connectivity index (χ0n) is 12.0. The van der Waals surface area contributed by atoms with Gasteiger partial charge in [0.15, 0.2) is 0 Å². The van der Waals surface area contributed by atoms with Crippen LogP contribution in [0.5, 0.6) is 0 Å². The van der Waals surface area contributed by atoms with Crippen LogP contribution in [0.4, 0.5) is 18.9 Å². The van der Waals surface area contributed by atoms with Crippen molar-refractivity contribution < 1.29 is 18.0 Å². The fourth-order valence-corrected chi connectivity index (χ4v) is 4.05. The fourth-order valence-electron chi connectivity index (χ4n) is 2.70. The Morgan fingerprint density at radius 3 is 2.70 bits per heavy atom. The molecule has 7 heteroatoms. The van der Waals surface area contributed by atoms with E-state index in [-0.39, 0.29) is 16.6 Å². The van der Waals surface area contributed by atoms with Gasteiger partial charge < -0.3 is 5.32 Å². The predicted molar refractivity (Wildman–Crippen MR) is 85.4 cm³/mol. The maximum absolute atomic E-state index is 12.9. The van der Waals surface area contributed by atoms with E-state index >= 15 is 0 Å². The smallest absolute Gasteiger partial charge is 0.322 e. The average molecular weight is 360 g/mol. The minimum absolute atomic E-state index is 0.0856. The van der Waals surface area contributed by atoms with Crippen molar-refractivity contribution in [2.24, 2.45) is 0 Å². The minimum Gasteiger partial charge on any atom is -0.322 e. The molecule has 0 fully saturated rings. The van der Waals surface area contributed by atoms with Crippen molar-refractivity contribution >= 4 is 34.5 Å². The molecule has 2 aromatic rings. The first-order chi connectivity index (χ1) is 10.9. The summed E-state index contributed by atoms with van der Waals surface area (Å²) in [4.78, 5) is 13.6. The lowest BCUT2D eigenvalue weighted by atomic mass is 9.95. The highest BCUT2D eigenvalue weighted by Crippen LogP contribution is 2.36. The van der Waals surface area contributed by atoms with Gasteiger partial charge in [-0.25, -0.2) is 0 Å². The van der Waals surface area contributed by atoms with Crippen LogP contribution in [0.2, 0.25) is 5.02 Å². The van der Waals surface area contributed by atoms with Crippen LogP contribution in [0.15, 0.2) is 23.6 Å². The van der Waals surface area contributed by atoms with Crippen LogP contribution in [0, 0.1) is 0 Å². The zero-order chi connectivity index (χ0) is 16.6. The first-order valence-electron chi connectivity index (χ1n) is 7.13. The highest BCUT2D eigenvalue weighted by molar-refractivity contribution is 7.10. The molecule has 0 radical (unpaired) electrons. The van der Waals surface area contributed by atoms with Gasteiger partial charge in [-0.15, -0.1) is 11.3 Å².